The van der Waals surface area contributed by atoms with Crippen molar-refractivity contribution in [1.29, 1.82) is 5.26 Å². The Morgan fingerprint density at radius 3 is 2.30 bits per heavy atom. The van der Waals surface area contributed by atoms with Crippen molar-refractivity contribution >= 4 is 35.2 Å². The van der Waals surface area contributed by atoms with Crippen LogP contribution in [0.2, 0.25) is 19.6 Å². The number of pyridine rings is 2. The van der Waals surface area contributed by atoms with Gasteiger partial charge in [0.15, 0.2) is 0 Å². The average Bonchev–Trinajstić information content (AvgIpc) is 3.57. The van der Waals surface area contributed by atoms with Crippen LogP contribution >= 0.6 is 0 Å². The molecule has 0 atom stereocenters. The first-order valence-electron chi connectivity index (χ1n) is 20.2. The van der Waals surface area contributed by atoms with E-state index < -0.39 is 20.3 Å². The predicted octanol–water partition coefficient (Wildman–Crippen LogP) is 12.6. The number of fused-ring (bicyclic) bond motifs is 3. The van der Waals surface area contributed by atoms with Gasteiger partial charge in [0.05, 0.1) is 25.5 Å². The number of benzene rings is 4. The molecule has 4 aromatic carbocycles. The number of halogens is 1. The third kappa shape index (κ3) is 8.79. The van der Waals surface area contributed by atoms with Gasteiger partial charge in [-0.05, 0) is 96.5 Å². The third-order valence-electron chi connectivity index (χ3n) is 10.6. The predicted molar refractivity (Wildman–Crippen MR) is 227 cm³/mol. The summed E-state index contributed by atoms with van der Waals surface area (Å²) in [7, 11) is -1.37. The van der Waals surface area contributed by atoms with Crippen molar-refractivity contribution in [3.05, 3.63) is 137 Å². The standard InChI is InChI=1S/C34H34NO.C15H14FN2Si.Ir/c1-21-15-22(2)32(23(3)16-21)27-17-24(4)33-29-12-8-11-28(34(29)36-31(33)20-27)30-19-26(13-14-35-30)18-25-9-6-5-7-10-25;1-19(2,3)13-6-7-15(18-10-13)11-4-5-12(9-17)14(16)8-11;/h8,12-17,19-20,25H,5-7,9-10,18H2,1-4H3;5-8,10H,1-3H3;/q2*-1;/i18D2;;. The summed E-state index contributed by atoms with van der Waals surface area (Å²) in [6, 6.07) is 31.2. The Balaban J connectivity index is 0.000000240. The molecule has 8 rings (SSSR count). The minimum Gasteiger partial charge on any atom is -0.501 e. The minimum atomic E-state index is -1.38. The monoisotopic (exact) mass is 936 g/mol. The smallest absolute Gasteiger partial charge is 0.121 e. The Bertz CT molecular complexity index is 2630. The Morgan fingerprint density at radius 2 is 1.64 bits per heavy atom. The Kier molecular flexibility index (Phi) is 11.7. The van der Waals surface area contributed by atoms with Gasteiger partial charge in [-0.3, -0.25) is 0 Å². The molecule has 3 aromatic heterocycles. The van der Waals surface area contributed by atoms with Gasteiger partial charge in [-0.25, -0.2) is 9.65 Å². The number of nitrogens with zero attached hydrogens (tertiary/aromatic N) is 3. The number of aryl methyl sites for hydroxylation is 4. The molecule has 56 heavy (non-hydrogen) atoms. The van der Waals surface area contributed by atoms with E-state index in [1.54, 1.807) is 12.3 Å². The molecular formula is C49H48FIrN3OSi-2. The number of furan rings is 1. The summed E-state index contributed by atoms with van der Waals surface area (Å²) in [4.78, 5) is 9.02. The Morgan fingerprint density at radius 1 is 0.893 bits per heavy atom. The summed E-state index contributed by atoms with van der Waals surface area (Å²) in [5.41, 5.74) is 12.4. The van der Waals surface area contributed by atoms with Crippen molar-refractivity contribution < 1.29 is 31.7 Å². The van der Waals surface area contributed by atoms with Crippen LogP contribution in [0.25, 0.3) is 55.6 Å². The molecule has 1 fully saturated rings. The van der Waals surface area contributed by atoms with Gasteiger partial charge in [-0.15, -0.1) is 42.0 Å². The van der Waals surface area contributed by atoms with Crippen molar-refractivity contribution in [2.45, 2.75) is 85.8 Å². The second-order valence-corrected chi connectivity index (χ2v) is 21.0. The van der Waals surface area contributed by atoms with Gasteiger partial charge in [0.25, 0.3) is 0 Å². The average molecular weight is 936 g/mol. The molecule has 0 spiro atoms. The second kappa shape index (κ2) is 17.2. The van der Waals surface area contributed by atoms with Gasteiger partial charge in [-0.2, -0.15) is 0 Å². The summed E-state index contributed by atoms with van der Waals surface area (Å²) in [6.45, 7) is 15.4. The number of aromatic nitrogens is 2. The largest absolute Gasteiger partial charge is 0.501 e. The van der Waals surface area contributed by atoms with E-state index in [1.807, 2.05) is 36.5 Å². The van der Waals surface area contributed by atoms with Crippen LogP contribution in [0.3, 0.4) is 0 Å². The summed E-state index contributed by atoms with van der Waals surface area (Å²) in [5, 5.41) is 12.1. The third-order valence-corrected chi connectivity index (χ3v) is 12.6. The van der Waals surface area contributed by atoms with Crippen LogP contribution in [-0.2, 0) is 26.5 Å². The maximum atomic E-state index is 13.5. The molecule has 0 saturated heterocycles. The zero-order valence-corrected chi connectivity index (χ0v) is 36.6. The van der Waals surface area contributed by atoms with Crippen LogP contribution in [0.5, 0.6) is 0 Å². The van der Waals surface area contributed by atoms with E-state index in [1.165, 1.54) is 51.6 Å². The molecule has 0 N–H and O–H groups in total. The topological polar surface area (TPSA) is 62.7 Å². The molecule has 1 aliphatic rings. The van der Waals surface area contributed by atoms with Crippen LogP contribution in [0, 0.1) is 62.9 Å². The SMILES string of the molecule is C[Si](C)(C)c1ccc(-c2[c-]cc(C#N)c(F)c2)nc1.[2H]C([2H])(c1ccnc(-c2[c-]ccc3c2oc2cc(-c4c(C)cc(C)cc4C)cc(C)c23)c1)C1CCCCC1.[Ir]. The van der Waals surface area contributed by atoms with E-state index in [9.17, 15) is 4.39 Å². The first-order chi connectivity index (χ1) is 27.1. The van der Waals surface area contributed by atoms with Crippen LogP contribution < -0.4 is 5.19 Å². The van der Waals surface area contributed by atoms with Crippen LogP contribution in [0.4, 0.5) is 4.39 Å². The molecule has 1 radical (unpaired) electrons. The zero-order valence-electron chi connectivity index (χ0n) is 35.2. The molecule has 3 heterocycles. The summed E-state index contributed by atoms with van der Waals surface area (Å²) in [5.74, 6) is -0.487. The molecule has 7 heteroatoms. The van der Waals surface area contributed by atoms with Crippen molar-refractivity contribution in [3.63, 3.8) is 0 Å². The van der Waals surface area contributed by atoms with Crippen LogP contribution in [0.1, 0.15) is 68.2 Å². The van der Waals surface area contributed by atoms with Gasteiger partial charge in [-0.1, -0.05) is 110 Å². The van der Waals surface area contributed by atoms with E-state index in [0.717, 1.165) is 58.7 Å². The molecule has 287 valence electrons. The quantitative estimate of drug-likeness (QED) is 0.123. The molecule has 4 nitrogen and oxygen atoms in total. The van der Waals surface area contributed by atoms with Crippen molar-refractivity contribution in [3.8, 4) is 39.7 Å². The molecule has 1 aliphatic carbocycles. The van der Waals surface area contributed by atoms with Crippen molar-refractivity contribution in [2.75, 3.05) is 0 Å². The minimum absolute atomic E-state index is 0. The van der Waals surface area contributed by atoms with E-state index >= 15 is 0 Å². The van der Waals surface area contributed by atoms with Crippen LogP contribution in [-0.4, -0.2) is 18.0 Å². The second-order valence-electron chi connectivity index (χ2n) is 15.9. The number of hydrogen-bond donors (Lipinski definition) is 0. The summed E-state index contributed by atoms with van der Waals surface area (Å²) < 4.78 is 38.0. The fourth-order valence-electron chi connectivity index (χ4n) is 7.88. The number of nitriles is 1. The normalized spacial score (nSPS) is 14.0. The molecule has 0 aliphatic heterocycles. The van der Waals surface area contributed by atoms with Crippen molar-refractivity contribution in [2.24, 2.45) is 5.92 Å². The van der Waals surface area contributed by atoms with Gasteiger partial charge in [0.2, 0.25) is 0 Å². The maximum Gasteiger partial charge on any atom is 0.121 e. The van der Waals surface area contributed by atoms with Crippen LogP contribution in [0.15, 0.2) is 89.6 Å². The molecule has 0 bridgehead atoms. The summed E-state index contributed by atoms with van der Waals surface area (Å²) >= 11 is 0. The Hall–Kier alpha value is -4.73. The first kappa shape index (κ1) is 38.2. The first-order valence-corrected chi connectivity index (χ1v) is 22.7. The van der Waals surface area contributed by atoms with E-state index in [-0.39, 0.29) is 31.6 Å². The summed E-state index contributed by atoms with van der Waals surface area (Å²) in [6.07, 6.45) is 7.51. The van der Waals surface area contributed by atoms with Gasteiger partial charge >= 0.3 is 0 Å². The van der Waals surface area contributed by atoms with Gasteiger partial charge in [0.1, 0.15) is 5.58 Å². The van der Waals surface area contributed by atoms with Gasteiger partial charge in [0, 0.05) is 46.2 Å². The fraction of sp³-hybridized carbons (Fsp3) is 0.286. The van der Waals surface area contributed by atoms with E-state index in [0.29, 0.717) is 22.5 Å². The van der Waals surface area contributed by atoms with E-state index in [2.05, 4.69) is 99.8 Å². The molecule has 0 unspecified atom stereocenters. The van der Waals surface area contributed by atoms with Crippen molar-refractivity contribution in [1.82, 2.24) is 9.97 Å². The van der Waals surface area contributed by atoms with Gasteiger partial charge < -0.3 is 14.4 Å². The fourth-order valence-corrected chi connectivity index (χ4v) is 8.92. The number of hydrogen-bond acceptors (Lipinski definition) is 4. The van der Waals surface area contributed by atoms with E-state index in [4.69, 9.17) is 12.4 Å². The molecule has 0 amide bonds. The molecule has 7 aromatic rings. The number of rotatable bonds is 6. The molecule has 1 saturated carbocycles. The zero-order chi connectivity index (χ0) is 40.6. The Labute approximate surface area is 348 Å². The molecular weight excluding hydrogens is 886 g/mol. The maximum absolute atomic E-state index is 13.5.